The van der Waals surface area contributed by atoms with Crippen LogP contribution in [0.4, 0.5) is 0 Å². The molecule has 12 heteroatoms. The van der Waals surface area contributed by atoms with Gasteiger partial charge in [0.05, 0.1) is 16.4 Å². The predicted octanol–water partition coefficient (Wildman–Crippen LogP) is -0.755. The number of aryl methyl sites for hydroxylation is 2. The van der Waals surface area contributed by atoms with Crippen LogP contribution in [0.15, 0.2) is 58.3 Å². The third-order valence-corrected chi connectivity index (χ3v) is 8.09. The average molecular weight is 491 g/mol. The molecule has 178 valence electrons. The van der Waals surface area contributed by atoms with Gasteiger partial charge >= 0.3 is 0 Å². The Morgan fingerprint density at radius 1 is 0.719 bits per heavy atom. The zero-order chi connectivity index (χ0) is 24.3. The Balaban J connectivity index is 2.53. The van der Waals surface area contributed by atoms with E-state index in [2.05, 4.69) is 0 Å². The standard InChI is InChI=1S/C20H26O10S2/c1-12-3-7-14(8-4-12)31(26,27)20(19(25)18(24)17(23)16(22)11-21)30-32(28,29)15-9-5-13(2)6-10-15/h3-10,16-25H,11H2,1-2H3/t16-,17-,18+,19+,20?/m1/s1. The molecule has 0 saturated carbocycles. The summed E-state index contributed by atoms with van der Waals surface area (Å²) in [6.45, 7) is 2.39. The fourth-order valence-electron chi connectivity index (χ4n) is 2.74. The molecular formula is C20H26O10S2. The normalized spacial score (nSPS) is 17.3. The Bertz CT molecular complexity index is 1100. The number of aliphatic hydroxyl groups is 5. The highest BCUT2D eigenvalue weighted by Crippen LogP contribution is 2.27. The molecule has 0 heterocycles. The molecule has 0 radical (unpaired) electrons. The van der Waals surface area contributed by atoms with E-state index in [0.717, 1.165) is 17.7 Å². The Morgan fingerprint density at radius 3 is 1.59 bits per heavy atom. The first-order valence-electron chi connectivity index (χ1n) is 9.45. The first-order valence-corrected chi connectivity index (χ1v) is 12.4. The van der Waals surface area contributed by atoms with Gasteiger partial charge in [-0.05, 0) is 38.1 Å². The van der Waals surface area contributed by atoms with E-state index < -0.39 is 66.2 Å². The van der Waals surface area contributed by atoms with Gasteiger partial charge in [-0.25, -0.2) is 12.6 Å². The molecule has 1 unspecified atom stereocenters. The van der Waals surface area contributed by atoms with E-state index in [4.69, 9.17) is 9.29 Å². The van der Waals surface area contributed by atoms with Crippen LogP contribution in [0.2, 0.25) is 0 Å². The zero-order valence-electron chi connectivity index (χ0n) is 17.3. The molecule has 5 atom stereocenters. The Labute approximate surface area is 186 Å². The Hall–Kier alpha value is -1.90. The van der Waals surface area contributed by atoms with Gasteiger partial charge in [-0.2, -0.15) is 8.42 Å². The minimum atomic E-state index is -4.75. The van der Waals surface area contributed by atoms with Gasteiger partial charge in [-0.1, -0.05) is 35.4 Å². The van der Waals surface area contributed by atoms with Crippen molar-refractivity contribution in [2.75, 3.05) is 6.61 Å². The van der Waals surface area contributed by atoms with Crippen molar-refractivity contribution in [1.82, 2.24) is 0 Å². The molecule has 0 bridgehead atoms. The monoisotopic (exact) mass is 490 g/mol. The minimum absolute atomic E-state index is 0.398. The van der Waals surface area contributed by atoms with Crippen molar-refractivity contribution in [3.05, 3.63) is 59.7 Å². The van der Waals surface area contributed by atoms with Crippen LogP contribution >= 0.6 is 0 Å². The molecule has 0 saturated heterocycles. The largest absolute Gasteiger partial charge is 0.394 e. The van der Waals surface area contributed by atoms with Crippen molar-refractivity contribution in [2.45, 2.75) is 53.5 Å². The van der Waals surface area contributed by atoms with Crippen molar-refractivity contribution >= 4 is 20.0 Å². The summed E-state index contributed by atoms with van der Waals surface area (Å²) < 4.78 is 56.7. The average Bonchev–Trinajstić information content (AvgIpc) is 2.76. The van der Waals surface area contributed by atoms with E-state index in [1.807, 2.05) is 0 Å². The fraction of sp³-hybridized carbons (Fsp3) is 0.400. The quantitative estimate of drug-likeness (QED) is 0.266. The maximum absolute atomic E-state index is 13.2. The highest BCUT2D eigenvalue weighted by atomic mass is 32.2. The number of hydrogen-bond acceptors (Lipinski definition) is 10. The van der Waals surface area contributed by atoms with Crippen LogP contribution in [0, 0.1) is 13.8 Å². The van der Waals surface area contributed by atoms with Crippen molar-refractivity contribution in [2.24, 2.45) is 0 Å². The fourth-order valence-corrected chi connectivity index (χ4v) is 5.72. The molecule has 0 amide bonds. The lowest BCUT2D eigenvalue weighted by Crippen LogP contribution is -2.53. The van der Waals surface area contributed by atoms with Crippen LogP contribution in [0.1, 0.15) is 11.1 Å². The molecule has 0 fully saturated rings. The van der Waals surface area contributed by atoms with Crippen LogP contribution in [0.25, 0.3) is 0 Å². The molecule has 0 aromatic heterocycles. The number of hydrogen-bond donors (Lipinski definition) is 5. The Kier molecular flexibility index (Phi) is 8.53. The number of rotatable bonds is 10. The van der Waals surface area contributed by atoms with Crippen LogP contribution in [0.3, 0.4) is 0 Å². The lowest BCUT2D eigenvalue weighted by molar-refractivity contribution is -0.126. The lowest BCUT2D eigenvalue weighted by Gasteiger charge is -2.30. The van der Waals surface area contributed by atoms with Gasteiger partial charge < -0.3 is 25.5 Å². The van der Waals surface area contributed by atoms with Gasteiger partial charge in [0.1, 0.15) is 24.4 Å². The second-order valence-electron chi connectivity index (χ2n) is 7.31. The van der Waals surface area contributed by atoms with Crippen LogP contribution < -0.4 is 0 Å². The molecule has 0 spiro atoms. The highest BCUT2D eigenvalue weighted by molar-refractivity contribution is 7.93. The van der Waals surface area contributed by atoms with E-state index in [1.165, 1.54) is 36.4 Å². The number of aliphatic hydroxyl groups excluding tert-OH is 5. The van der Waals surface area contributed by atoms with Crippen LogP contribution in [-0.4, -0.2) is 78.8 Å². The van der Waals surface area contributed by atoms with Gasteiger partial charge in [0, 0.05) is 0 Å². The summed E-state index contributed by atoms with van der Waals surface area (Å²) in [4.78, 5) is -0.805. The summed E-state index contributed by atoms with van der Waals surface area (Å²) in [6, 6.07) is 10.5. The summed E-state index contributed by atoms with van der Waals surface area (Å²) >= 11 is 0. The smallest absolute Gasteiger partial charge is 0.298 e. The van der Waals surface area contributed by atoms with Crippen molar-refractivity contribution in [3.63, 3.8) is 0 Å². The van der Waals surface area contributed by atoms with Crippen molar-refractivity contribution in [1.29, 1.82) is 0 Å². The molecule has 10 nitrogen and oxygen atoms in total. The summed E-state index contributed by atoms with van der Waals surface area (Å²) in [6.07, 6.45) is -9.03. The summed E-state index contributed by atoms with van der Waals surface area (Å²) in [5.74, 6) is 0. The predicted molar refractivity (Wildman–Crippen MR) is 113 cm³/mol. The molecule has 5 N–H and O–H groups in total. The van der Waals surface area contributed by atoms with Gasteiger partial charge in [-0.15, -0.1) is 0 Å². The molecule has 0 aliphatic rings. The van der Waals surface area contributed by atoms with Gasteiger partial charge in [0.2, 0.25) is 15.3 Å². The minimum Gasteiger partial charge on any atom is -0.394 e. The van der Waals surface area contributed by atoms with Crippen molar-refractivity contribution in [3.8, 4) is 0 Å². The molecule has 32 heavy (non-hydrogen) atoms. The third kappa shape index (κ3) is 5.91. The molecule has 2 aromatic carbocycles. The molecule has 0 aliphatic heterocycles. The zero-order valence-corrected chi connectivity index (χ0v) is 18.9. The summed E-state index contributed by atoms with van der Waals surface area (Å²) in [5, 5.41) is 49.1. The van der Waals surface area contributed by atoms with Gasteiger partial charge in [-0.3, -0.25) is 0 Å². The van der Waals surface area contributed by atoms with E-state index in [1.54, 1.807) is 13.8 Å². The molecule has 2 rings (SSSR count). The van der Waals surface area contributed by atoms with Gasteiger partial charge in [0.15, 0.2) is 0 Å². The Morgan fingerprint density at radius 2 is 1.16 bits per heavy atom. The van der Waals surface area contributed by atoms with Crippen LogP contribution in [0.5, 0.6) is 0 Å². The van der Waals surface area contributed by atoms with E-state index in [0.29, 0.717) is 5.56 Å². The lowest BCUT2D eigenvalue weighted by atomic mass is 10.0. The van der Waals surface area contributed by atoms with Gasteiger partial charge in [0.25, 0.3) is 10.1 Å². The van der Waals surface area contributed by atoms with Crippen molar-refractivity contribution < 1.29 is 46.6 Å². The first kappa shape index (κ1) is 26.4. The highest BCUT2D eigenvalue weighted by Gasteiger charge is 2.45. The topological polar surface area (TPSA) is 179 Å². The van der Waals surface area contributed by atoms with E-state index in [9.17, 15) is 37.3 Å². The molecule has 0 aliphatic carbocycles. The SMILES string of the molecule is Cc1ccc(S(=O)(=O)OC([C@@H](O)[C@@H](O)[C@H](O)[C@H](O)CO)S(=O)(=O)c2ccc(C)cc2)cc1. The maximum atomic E-state index is 13.2. The second-order valence-corrected chi connectivity index (χ2v) is 10.9. The molecule has 2 aromatic rings. The molecular weight excluding hydrogens is 464 g/mol. The van der Waals surface area contributed by atoms with Crippen LogP contribution in [-0.2, 0) is 24.1 Å². The second kappa shape index (κ2) is 10.4. The number of benzene rings is 2. The maximum Gasteiger partial charge on any atom is 0.298 e. The third-order valence-electron chi connectivity index (χ3n) is 4.75. The number of sulfone groups is 1. The van der Waals surface area contributed by atoms with E-state index in [-0.39, 0.29) is 0 Å². The summed E-state index contributed by atoms with van der Waals surface area (Å²) in [7, 11) is -9.49. The van der Waals surface area contributed by atoms with E-state index >= 15 is 0 Å². The summed E-state index contributed by atoms with van der Waals surface area (Å²) in [5.41, 5.74) is -1.15. The first-order chi connectivity index (χ1) is 14.8.